The maximum Gasteiger partial charge on any atom is 0.121 e. The molecule has 0 fully saturated rings. The molecule has 23 heavy (non-hydrogen) atoms. The molecule has 3 rings (SSSR count). The minimum absolute atomic E-state index is 0.956. The molecule has 0 saturated heterocycles. The highest BCUT2D eigenvalue weighted by molar-refractivity contribution is 7.15. The molecule has 0 N–H and O–H groups in total. The van der Waals surface area contributed by atoms with E-state index in [0.717, 1.165) is 11.4 Å². The number of hydrogen-bond donors (Lipinski definition) is 0. The molecular formula is C20H25NOS. The molecule has 0 radical (unpaired) electrons. The molecular weight excluding hydrogens is 302 g/mol. The lowest BCUT2D eigenvalue weighted by molar-refractivity contribution is 0.411. The Labute approximate surface area is 143 Å². The van der Waals surface area contributed by atoms with Gasteiger partial charge in [0.1, 0.15) is 5.75 Å². The number of thiophene rings is 1. The number of aromatic nitrogens is 1. The molecule has 0 unspecified atom stereocenters. The monoisotopic (exact) mass is 327 g/mol. The molecule has 3 heteroatoms. The van der Waals surface area contributed by atoms with Gasteiger partial charge in [0.25, 0.3) is 0 Å². The molecule has 0 spiro atoms. The number of rotatable bonds is 2. The molecule has 0 aliphatic rings. The zero-order chi connectivity index (χ0) is 17.1. The Morgan fingerprint density at radius 1 is 0.870 bits per heavy atom. The fraction of sp³-hybridized carbons (Fsp3) is 0.250. The number of para-hydroxylation sites is 1. The molecule has 2 heterocycles. The number of methoxy groups -OCH3 is 1. The van der Waals surface area contributed by atoms with Crippen LogP contribution in [0.25, 0.3) is 10.6 Å². The molecule has 0 aliphatic heterocycles. The van der Waals surface area contributed by atoms with Gasteiger partial charge in [0.15, 0.2) is 0 Å². The summed E-state index contributed by atoms with van der Waals surface area (Å²) in [6, 6.07) is 18.2. The molecule has 2 aromatic heterocycles. The van der Waals surface area contributed by atoms with Gasteiger partial charge in [-0.25, -0.2) is 0 Å². The van der Waals surface area contributed by atoms with Crippen LogP contribution in [0.4, 0.5) is 0 Å². The van der Waals surface area contributed by atoms with E-state index >= 15 is 0 Å². The molecule has 0 amide bonds. The van der Waals surface area contributed by atoms with Crippen molar-refractivity contribution in [3.05, 3.63) is 71.2 Å². The topological polar surface area (TPSA) is 22.1 Å². The number of pyridine rings is 1. The third-order valence-electron chi connectivity index (χ3n) is 2.97. The molecule has 122 valence electrons. The van der Waals surface area contributed by atoms with E-state index < -0.39 is 0 Å². The summed E-state index contributed by atoms with van der Waals surface area (Å²) in [6.07, 6.45) is 1.82. The van der Waals surface area contributed by atoms with Crippen molar-refractivity contribution >= 4 is 11.3 Å². The van der Waals surface area contributed by atoms with Gasteiger partial charge in [-0.15, -0.1) is 11.3 Å². The van der Waals surface area contributed by atoms with Crippen LogP contribution in [0.5, 0.6) is 5.75 Å². The highest BCUT2D eigenvalue weighted by Gasteiger charge is 1.99. The molecule has 0 atom stereocenters. The number of ether oxygens (including phenoxy) is 1. The first-order chi connectivity index (χ1) is 11.2. The number of aryl methyl sites for hydroxylation is 2. The zero-order valence-electron chi connectivity index (χ0n) is 14.5. The number of nitrogens with zero attached hydrogens (tertiary/aromatic N) is 1. The van der Waals surface area contributed by atoms with E-state index in [2.05, 4.69) is 24.0 Å². The van der Waals surface area contributed by atoms with Crippen molar-refractivity contribution in [1.82, 2.24) is 4.98 Å². The van der Waals surface area contributed by atoms with Gasteiger partial charge in [0, 0.05) is 11.1 Å². The van der Waals surface area contributed by atoms with Crippen molar-refractivity contribution in [3.8, 4) is 16.3 Å². The summed E-state index contributed by atoms with van der Waals surface area (Å²) in [5, 5.41) is 0. The van der Waals surface area contributed by atoms with Gasteiger partial charge < -0.3 is 4.74 Å². The lowest BCUT2D eigenvalue weighted by Gasteiger charge is -2.00. The average molecular weight is 327 g/mol. The van der Waals surface area contributed by atoms with Crippen molar-refractivity contribution in [2.24, 2.45) is 0 Å². The van der Waals surface area contributed by atoms with Crippen LogP contribution < -0.4 is 4.74 Å². The Balaban J connectivity index is 0.000000215. The highest BCUT2D eigenvalue weighted by atomic mass is 32.1. The first-order valence-corrected chi connectivity index (χ1v) is 8.60. The molecule has 1 aromatic carbocycles. The van der Waals surface area contributed by atoms with E-state index in [0.29, 0.717) is 0 Å². The van der Waals surface area contributed by atoms with Crippen LogP contribution in [0.1, 0.15) is 24.3 Å². The Morgan fingerprint density at radius 2 is 1.57 bits per heavy atom. The third kappa shape index (κ3) is 6.25. The van der Waals surface area contributed by atoms with Gasteiger partial charge >= 0.3 is 0 Å². The van der Waals surface area contributed by atoms with E-state index in [4.69, 9.17) is 4.74 Å². The largest absolute Gasteiger partial charge is 0.496 e. The van der Waals surface area contributed by atoms with Crippen LogP contribution in [-0.4, -0.2) is 12.1 Å². The smallest absolute Gasteiger partial charge is 0.121 e. The van der Waals surface area contributed by atoms with Crippen molar-refractivity contribution in [1.29, 1.82) is 0 Å². The molecule has 2 nitrogen and oxygen atoms in total. The second-order valence-corrected chi connectivity index (χ2v) is 5.88. The van der Waals surface area contributed by atoms with Gasteiger partial charge in [-0.3, -0.25) is 4.98 Å². The third-order valence-corrected chi connectivity index (χ3v) is 3.99. The van der Waals surface area contributed by atoms with Crippen molar-refractivity contribution in [3.63, 3.8) is 0 Å². The summed E-state index contributed by atoms with van der Waals surface area (Å²) in [4.78, 5) is 6.85. The van der Waals surface area contributed by atoms with E-state index in [-0.39, 0.29) is 0 Å². The van der Waals surface area contributed by atoms with Crippen LogP contribution in [0, 0.1) is 13.8 Å². The van der Waals surface area contributed by atoms with Crippen molar-refractivity contribution in [2.75, 3.05) is 7.11 Å². The summed E-state index contributed by atoms with van der Waals surface area (Å²) >= 11 is 1.78. The SMILES string of the molecule is CC.COc1ccccc1C.Cc1ccc(-c2ccccn2)s1. The van der Waals surface area contributed by atoms with Crippen LogP contribution in [-0.2, 0) is 0 Å². The lowest BCUT2D eigenvalue weighted by atomic mass is 10.2. The Bertz CT molecular complexity index is 677. The average Bonchev–Trinajstić information content (AvgIpc) is 3.05. The minimum atomic E-state index is 0.956. The van der Waals surface area contributed by atoms with Gasteiger partial charge in [-0.05, 0) is 49.7 Å². The normalized spacial score (nSPS) is 9.09. The first kappa shape index (κ1) is 18.9. The van der Waals surface area contributed by atoms with Crippen molar-refractivity contribution in [2.45, 2.75) is 27.7 Å². The van der Waals surface area contributed by atoms with E-state index in [1.54, 1.807) is 18.4 Å². The van der Waals surface area contributed by atoms with Crippen molar-refractivity contribution < 1.29 is 4.74 Å². The van der Waals surface area contributed by atoms with Crippen LogP contribution in [0.2, 0.25) is 0 Å². The number of hydrogen-bond acceptors (Lipinski definition) is 3. The predicted octanol–water partition coefficient (Wildman–Crippen LogP) is 6.15. The number of benzene rings is 1. The molecule has 0 bridgehead atoms. The van der Waals surface area contributed by atoms with Gasteiger partial charge in [0.2, 0.25) is 0 Å². The van der Waals surface area contributed by atoms with Gasteiger partial charge in [-0.1, -0.05) is 38.1 Å². The van der Waals surface area contributed by atoms with E-state index in [1.807, 2.05) is 69.4 Å². The summed E-state index contributed by atoms with van der Waals surface area (Å²) in [7, 11) is 1.68. The highest BCUT2D eigenvalue weighted by Crippen LogP contribution is 2.25. The Hall–Kier alpha value is -2.13. The first-order valence-electron chi connectivity index (χ1n) is 7.78. The fourth-order valence-electron chi connectivity index (χ4n) is 1.87. The molecule has 0 saturated carbocycles. The maximum absolute atomic E-state index is 5.04. The second-order valence-electron chi connectivity index (χ2n) is 4.59. The standard InChI is InChI=1S/C10H9NS.C8H10O.C2H6/c1-8-5-6-10(12-8)9-4-2-3-7-11-9;1-7-5-3-4-6-8(7)9-2;1-2/h2-7H,1H3;3-6H,1-2H3;1-2H3. The summed E-state index contributed by atoms with van der Waals surface area (Å²) in [5.74, 6) is 0.956. The molecule has 0 aliphatic carbocycles. The predicted molar refractivity (Wildman–Crippen MR) is 101 cm³/mol. The Kier molecular flexibility index (Phi) is 8.70. The lowest BCUT2D eigenvalue weighted by Crippen LogP contribution is -1.84. The fourth-order valence-corrected chi connectivity index (χ4v) is 2.71. The second kappa shape index (κ2) is 10.6. The summed E-state index contributed by atoms with van der Waals surface area (Å²) < 4.78 is 5.04. The molecule has 3 aromatic rings. The van der Waals surface area contributed by atoms with Gasteiger partial charge in [-0.2, -0.15) is 0 Å². The van der Waals surface area contributed by atoms with E-state index in [9.17, 15) is 0 Å². The van der Waals surface area contributed by atoms with Crippen LogP contribution >= 0.6 is 11.3 Å². The minimum Gasteiger partial charge on any atom is -0.496 e. The summed E-state index contributed by atoms with van der Waals surface area (Å²) in [5.41, 5.74) is 2.25. The quantitative estimate of drug-likeness (QED) is 0.563. The van der Waals surface area contributed by atoms with Crippen LogP contribution in [0.3, 0.4) is 0 Å². The van der Waals surface area contributed by atoms with Crippen LogP contribution in [0.15, 0.2) is 60.8 Å². The Morgan fingerprint density at radius 3 is 2.04 bits per heavy atom. The zero-order valence-corrected chi connectivity index (χ0v) is 15.4. The summed E-state index contributed by atoms with van der Waals surface area (Å²) in [6.45, 7) is 8.13. The van der Waals surface area contributed by atoms with Gasteiger partial charge in [0.05, 0.1) is 17.7 Å². The maximum atomic E-state index is 5.04. The van der Waals surface area contributed by atoms with E-state index in [1.165, 1.54) is 15.3 Å².